The molecule has 5 aromatic rings. The summed E-state index contributed by atoms with van der Waals surface area (Å²) in [5.74, 6) is 0.701. The van der Waals surface area contributed by atoms with Crippen LogP contribution in [0.4, 0.5) is 17.6 Å². The molecule has 1 amide bonds. The highest BCUT2D eigenvalue weighted by molar-refractivity contribution is 7.98. The molecule has 1 N–H and O–H groups in total. The highest BCUT2D eigenvalue weighted by Gasteiger charge is 2.30. The molecule has 6 nitrogen and oxygen atoms in total. The summed E-state index contributed by atoms with van der Waals surface area (Å²) in [7, 11) is 1.56. The first kappa shape index (κ1) is 28.9. The van der Waals surface area contributed by atoms with Crippen molar-refractivity contribution < 1.29 is 27.1 Å². The van der Waals surface area contributed by atoms with Gasteiger partial charge in [0.15, 0.2) is 11.0 Å². The van der Waals surface area contributed by atoms with Crippen molar-refractivity contribution in [2.24, 2.45) is 0 Å². The third-order valence-corrected chi connectivity index (χ3v) is 7.35. The second-order valence-corrected chi connectivity index (χ2v) is 10.1. The highest BCUT2D eigenvalue weighted by Crippen LogP contribution is 2.32. The van der Waals surface area contributed by atoms with Crippen molar-refractivity contribution in [1.29, 1.82) is 0 Å². The average molecular weight is 593 g/mol. The highest BCUT2D eigenvalue weighted by atomic mass is 32.2. The smallest absolute Gasteiger partial charge is 0.416 e. The van der Waals surface area contributed by atoms with Gasteiger partial charge >= 0.3 is 6.18 Å². The fourth-order valence-corrected chi connectivity index (χ4v) is 5.11. The monoisotopic (exact) mass is 592 g/mol. The molecular formula is C31H24F4N4O2S. The Morgan fingerprint density at radius 3 is 2.40 bits per heavy atom. The van der Waals surface area contributed by atoms with Crippen LogP contribution in [0.1, 0.15) is 27.0 Å². The first-order chi connectivity index (χ1) is 20.2. The van der Waals surface area contributed by atoms with Crippen molar-refractivity contribution in [2.75, 3.05) is 7.11 Å². The number of rotatable bonds is 9. The van der Waals surface area contributed by atoms with Gasteiger partial charge in [-0.1, -0.05) is 60.3 Å². The summed E-state index contributed by atoms with van der Waals surface area (Å²) in [4.78, 5) is 12.6. The molecule has 0 saturated carbocycles. The molecule has 11 heteroatoms. The number of hydrogen-bond acceptors (Lipinski definition) is 5. The first-order valence-corrected chi connectivity index (χ1v) is 13.7. The van der Waals surface area contributed by atoms with Crippen LogP contribution < -0.4 is 10.1 Å². The Kier molecular flexibility index (Phi) is 8.58. The topological polar surface area (TPSA) is 69.0 Å². The number of carbonyl (C=O) groups is 1. The van der Waals surface area contributed by atoms with Gasteiger partial charge in [0.2, 0.25) is 0 Å². The molecule has 5 rings (SSSR count). The molecular weight excluding hydrogens is 568 g/mol. The SMILES string of the molecule is COc1cccc(-c2nnc(SCc3ccc(C(=O)NCc4cccc(C(F)(F)F)c4)cc3)n2-c2ccccc2F)c1. The molecule has 42 heavy (non-hydrogen) atoms. The van der Waals surface area contributed by atoms with Gasteiger partial charge in [-0.2, -0.15) is 13.2 Å². The van der Waals surface area contributed by atoms with E-state index >= 15 is 0 Å². The minimum absolute atomic E-state index is 0.0400. The molecule has 0 aliphatic carbocycles. The number of carbonyl (C=O) groups excluding carboxylic acids is 1. The first-order valence-electron chi connectivity index (χ1n) is 12.7. The lowest BCUT2D eigenvalue weighted by molar-refractivity contribution is -0.137. The van der Waals surface area contributed by atoms with Crippen molar-refractivity contribution in [1.82, 2.24) is 20.1 Å². The van der Waals surface area contributed by atoms with Gasteiger partial charge in [-0.25, -0.2) is 4.39 Å². The van der Waals surface area contributed by atoms with E-state index in [2.05, 4.69) is 15.5 Å². The second-order valence-electron chi connectivity index (χ2n) is 9.19. The number of halogens is 4. The van der Waals surface area contributed by atoms with Crippen molar-refractivity contribution in [3.8, 4) is 22.8 Å². The zero-order valence-electron chi connectivity index (χ0n) is 22.2. The molecule has 1 aromatic heterocycles. The number of para-hydroxylation sites is 1. The van der Waals surface area contributed by atoms with Crippen LogP contribution in [-0.2, 0) is 18.5 Å². The lowest BCUT2D eigenvalue weighted by Gasteiger charge is -2.12. The van der Waals surface area contributed by atoms with Gasteiger partial charge in [-0.3, -0.25) is 9.36 Å². The molecule has 4 aromatic carbocycles. The number of ether oxygens (including phenoxy) is 1. The van der Waals surface area contributed by atoms with Gasteiger partial charge in [0.1, 0.15) is 11.6 Å². The molecule has 0 aliphatic rings. The quantitative estimate of drug-likeness (QED) is 0.144. The van der Waals surface area contributed by atoms with Crippen LogP contribution in [0.5, 0.6) is 5.75 Å². The van der Waals surface area contributed by atoms with Gasteiger partial charge in [-0.05, 0) is 59.7 Å². The molecule has 1 heterocycles. The van der Waals surface area contributed by atoms with Crippen molar-refractivity contribution in [3.63, 3.8) is 0 Å². The molecule has 0 spiro atoms. The largest absolute Gasteiger partial charge is 0.497 e. The summed E-state index contributed by atoms with van der Waals surface area (Å²) >= 11 is 1.35. The van der Waals surface area contributed by atoms with E-state index in [0.717, 1.165) is 17.7 Å². The van der Waals surface area contributed by atoms with E-state index in [-0.39, 0.29) is 6.54 Å². The maximum atomic E-state index is 14.9. The summed E-state index contributed by atoms with van der Waals surface area (Å²) in [6.07, 6.45) is -4.45. The lowest BCUT2D eigenvalue weighted by Crippen LogP contribution is -2.23. The summed E-state index contributed by atoms with van der Waals surface area (Å²) in [5.41, 5.74) is 1.83. The summed E-state index contributed by atoms with van der Waals surface area (Å²) in [6, 6.07) is 25.3. The number of nitrogens with one attached hydrogen (secondary N) is 1. The number of hydrogen-bond donors (Lipinski definition) is 1. The van der Waals surface area contributed by atoms with Crippen LogP contribution >= 0.6 is 11.8 Å². The Labute approximate surface area is 243 Å². The predicted octanol–water partition coefficient (Wildman–Crippen LogP) is 7.32. The zero-order valence-corrected chi connectivity index (χ0v) is 23.0. The Hall–Kier alpha value is -4.64. The van der Waals surface area contributed by atoms with E-state index < -0.39 is 23.5 Å². The van der Waals surface area contributed by atoms with Crippen LogP contribution in [0.2, 0.25) is 0 Å². The Morgan fingerprint density at radius 1 is 0.905 bits per heavy atom. The normalized spacial score (nSPS) is 11.4. The minimum atomic E-state index is -4.45. The number of alkyl halides is 3. The predicted molar refractivity (Wildman–Crippen MR) is 152 cm³/mol. The fourth-order valence-electron chi connectivity index (χ4n) is 4.21. The minimum Gasteiger partial charge on any atom is -0.497 e. The van der Waals surface area contributed by atoms with E-state index in [1.807, 2.05) is 12.1 Å². The summed E-state index contributed by atoms with van der Waals surface area (Å²) in [5, 5.41) is 11.8. The van der Waals surface area contributed by atoms with Gasteiger partial charge in [0, 0.05) is 23.4 Å². The van der Waals surface area contributed by atoms with E-state index in [9.17, 15) is 22.4 Å². The number of aromatic nitrogens is 3. The molecule has 214 valence electrons. The Balaban J connectivity index is 1.29. The van der Waals surface area contributed by atoms with Crippen molar-refractivity contribution in [3.05, 3.63) is 125 Å². The lowest BCUT2D eigenvalue weighted by atomic mass is 10.1. The van der Waals surface area contributed by atoms with E-state index in [4.69, 9.17) is 4.74 Å². The maximum absolute atomic E-state index is 14.9. The molecule has 0 aliphatic heterocycles. The molecule has 0 atom stereocenters. The number of thioether (sulfide) groups is 1. The zero-order chi connectivity index (χ0) is 29.7. The molecule has 0 unspecified atom stereocenters. The number of benzene rings is 4. The molecule has 0 bridgehead atoms. The van der Waals surface area contributed by atoms with Gasteiger partial charge in [-0.15, -0.1) is 10.2 Å². The number of methoxy groups -OCH3 is 1. The number of nitrogens with zero attached hydrogens (tertiary/aromatic N) is 3. The molecule has 0 fully saturated rings. The van der Waals surface area contributed by atoms with Crippen LogP contribution in [0.15, 0.2) is 102 Å². The average Bonchev–Trinajstić information content (AvgIpc) is 3.43. The third-order valence-electron chi connectivity index (χ3n) is 6.35. The van der Waals surface area contributed by atoms with Crippen molar-refractivity contribution in [2.45, 2.75) is 23.6 Å². The summed E-state index contributed by atoms with van der Waals surface area (Å²) in [6.45, 7) is -0.0400. The van der Waals surface area contributed by atoms with Crippen LogP contribution in [0.3, 0.4) is 0 Å². The van der Waals surface area contributed by atoms with Crippen LogP contribution in [0.25, 0.3) is 17.1 Å². The van der Waals surface area contributed by atoms with Crippen LogP contribution in [-0.4, -0.2) is 27.8 Å². The summed E-state index contributed by atoms with van der Waals surface area (Å²) < 4.78 is 60.8. The van der Waals surface area contributed by atoms with E-state index in [1.54, 1.807) is 66.3 Å². The van der Waals surface area contributed by atoms with E-state index in [1.165, 1.54) is 30.0 Å². The third kappa shape index (κ3) is 6.63. The molecule has 0 radical (unpaired) electrons. The Bertz CT molecular complexity index is 1700. The van der Waals surface area contributed by atoms with Gasteiger partial charge in [0.05, 0.1) is 18.4 Å². The maximum Gasteiger partial charge on any atom is 0.416 e. The van der Waals surface area contributed by atoms with Gasteiger partial charge < -0.3 is 10.1 Å². The second kappa shape index (κ2) is 12.5. The van der Waals surface area contributed by atoms with Gasteiger partial charge in [0.25, 0.3) is 5.91 Å². The standard InChI is InChI=1S/C31H24F4N4O2S/c1-41-25-9-5-7-23(17-25)28-37-38-30(39(28)27-11-3-2-10-26(27)32)42-19-20-12-14-22(15-13-20)29(40)36-18-21-6-4-8-24(16-21)31(33,34)35/h2-17H,18-19H2,1H3,(H,36,40). The van der Waals surface area contributed by atoms with E-state index in [0.29, 0.717) is 44.9 Å². The van der Waals surface area contributed by atoms with Crippen molar-refractivity contribution >= 4 is 17.7 Å². The number of amides is 1. The Morgan fingerprint density at radius 2 is 1.67 bits per heavy atom. The van der Waals surface area contributed by atoms with Crippen LogP contribution in [0, 0.1) is 5.82 Å². The molecule has 0 saturated heterocycles. The fraction of sp³-hybridized carbons (Fsp3) is 0.129.